The van der Waals surface area contributed by atoms with Crippen molar-refractivity contribution in [2.24, 2.45) is 5.41 Å². The van der Waals surface area contributed by atoms with E-state index in [4.69, 9.17) is 16.3 Å². The Morgan fingerprint density at radius 1 is 1.50 bits per heavy atom. The fraction of sp³-hybridized carbons (Fsp3) is 1.00. The second kappa shape index (κ2) is 3.29. The largest absolute Gasteiger partial charge is 0.378 e. The molecule has 1 heterocycles. The van der Waals surface area contributed by atoms with E-state index < -0.39 is 11.3 Å². The van der Waals surface area contributed by atoms with Gasteiger partial charge in [-0.2, -0.15) is 0 Å². The second-order valence-corrected chi connectivity index (χ2v) is 5.04. The van der Waals surface area contributed by atoms with Crippen LogP contribution in [-0.4, -0.2) is 37.1 Å². The number of ether oxygens (including phenoxy) is 1. The van der Waals surface area contributed by atoms with Gasteiger partial charge in [-0.15, -0.1) is 11.6 Å². The molecule has 1 aliphatic heterocycles. The molecule has 5 heteroatoms. The number of hydrogen-bond donors (Lipinski definition) is 1. The summed E-state index contributed by atoms with van der Waals surface area (Å²) in [6.07, 6.45) is -0.0203. The summed E-state index contributed by atoms with van der Waals surface area (Å²) in [6.45, 7) is 2.94. The Morgan fingerprint density at radius 2 is 2.14 bits per heavy atom. The van der Waals surface area contributed by atoms with Gasteiger partial charge in [0.1, 0.15) is 0 Å². The number of hydrogen-bond acceptors (Lipinski definition) is 2. The van der Waals surface area contributed by atoms with Crippen molar-refractivity contribution in [2.45, 2.75) is 30.7 Å². The molecule has 0 aromatic heterocycles. The molecule has 0 radical (unpaired) electrons. The van der Waals surface area contributed by atoms with Gasteiger partial charge in [0.25, 0.3) is 5.92 Å². The molecule has 14 heavy (non-hydrogen) atoms. The van der Waals surface area contributed by atoms with E-state index in [0.717, 1.165) is 0 Å². The summed E-state index contributed by atoms with van der Waals surface area (Å²) in [5, 5.41) is 2.96. The summed E-state index contributed by atoms with van der Waals surface area (Å²) in [4.78, 5) is 0. The standard InChI is InChI=1S/C9H14ClF2NO/c1-8(4-9(8,11)12)5-13-7-3-14-2-6(7)10/h6-7,13H,2-5H2,1H3. The smallest absolute Gasteiger partial charge is 0.255 e. The molecule has 0 aromatic rings. The topological polar surface area (TPSA) is 21.3 Å². The summed E-state index contributed by atoms with van der Waals surface area (Å²) in [7, 11) is 0. The number of nitrogens with one attached hydrogen (secondary N) is 1. The second-order valence-electron chi connectivity index (χ2n) is 4.48. The molecule has 0 aromatic carbocycles. The van der Waals surface area contributed by atoms with Gasteiger partial charge in [0.2, 0.25) is 0 Å². The van der Waals surface area contributed by atoms with Crippen LogP contribution in [0.5, 0.6) is 0 Å². The third-order valence-electron chi connectivity index (χ3n) is 3.14. The highest BCUT2D eigenvalue weighted by Crippen LogP contribution is 2.59. The van der Waals surface area contributed by atoms with Crippen LogP contribution in [0.2, 0.25) is 0 Å². The lowest BCUT2D eigenvalue weighted by molar-refractivity contribution is 0.0685. The third kappa shape index (κ3) is 1.75. The number of halogens is 3. The van der Waals surface area contributed by atoms with E-state index in [1.54, 1.807) is 6.92 Å². The highest BCUT2D eigenvalue weighted by atomic mass is 35.5. The van der Waals surface area contributed by atoms with Crippen molar-refractivity contribution in [1.29, 1.82) is 0 Å². The maximum atomic E-state index is 12.8. The van der Waals surface area contributed by atoms with Crippen LogP contribution in [0.25, 0.3) is 0 Å². The minimum atomic E-state index is -2.50. The van der Waals surface area contributed by atoms with Gasteiger partial charge < -0.3 is 10.1 Å². The zero-order valence-electron chi connectivity index (χ0n) is 8.03. The minimum Gasteiger partial charge on any atom is -0.378 e. The predicted octanol–water partition coefficient (Wildman–Crippen LogP) is 1.63. The van der Waals surface area contributed by atoms with Gasteiger partial charge in [0.15, 0.2) is 0 Å². The monoisotopic (exact) mass is 225 g/mol. The predicted molar refractivity (Wildman–Crippen MR) is 49.9 cm³/mol. The summed E-state index contributed by atoms with van der Waals surface area (Å²) in [5.74, 6) is -2.50. The SMILES string of the molecule is CC1(CNC2COCC2Cl)CC1(F)F. The Bertz CT molecular complexity index is 239. The lowest BCUT2D eigenvalue weighted by Crippen LogP contribution is -2.40. The van der Waals surface area contributed by atoms with Crippen molar-refractivity contribution < 1.29 is 13.5 Å². The molecule has 2 nitrogen and oxygen atoms in total. The molecule has 0 bridgehead atoms. The van der Waals surface area contributed by atoms with Crippen LogP contribution in [0, 0.1) is 5.41 Å². The van der Waals surface area contributed by atoms with E-state index in [0.29, 0.717) is 19.8 Å². The first kappa shape index (κ1) is 10.6. The number of rotatable bonds is 3. The maximum absolute atomic E-state index is 12.8. The molecule has 2 rings (SSSR count). The molecular weight excluding hydrogens is 212 g/mol. The zero-order chi connectivity index (χ0) is 10.4. The normalized spacial score (nSPS) is 45.4. The van der Waals surface area contributed by atoms with Crippen LogP contribution in [-0.2, 0) is 4.74 Å². The molecule has 3 atom stereocenters. The van der Waals surface area contributed by atoms with Gasteiger partial charge in [0, 0.05) is 24.4 Å². The molecule has 1 saturated carbocycles. The van der Waals surface area contributed by atoms with Crippen molar-refractivity contribution in [3.05, 3.63) is 0 Å². The zero-order valence-corrected chi connectivity index (χ0v) is 8.78. The molecule has 1 N–H and O–H groups in total. The summed E-state index contributed by atoms with van der Waals surface area (Å²) in [5.41, 5.74) is -0.869. The first-order chi connectivity index (χ1) is 6.45. The van der Waals surface area contributed by atoms with Crippen molar-refractivity contribution >= 4 is 11.6 Å². The average molecular weight is 226 g/mol. The Hall–Kier alpha value is 0.0700. The van der Waals surface area contributed by atoms with Gasteiger partial charge in [-0.3, -0.25) is 0 Å². The molecule has 82 valence electrons. The Morgan fingerprint density at radius 3 is 2.57 bits per heavy atom. The van der Waals surface area contributed by atoms with E-state index >= 15 is 0 Å². The van der Waals surface area contributed by atoms with Gasteiger partial charge in [0.05, 0.1) is 18.6 Å². The molecule has 0 spiro atoms. The first-order valence-electron chi connectivity index (χ1n) is 4.78. The van der Waals surface area contributed by atoms with Crippen LogP contribution in [0.4, 0.5) is 8.78 Å². The van der Waals surface area contributed by atoms with Crippen LogP contribution >= 0.6 is 11.6 Å². The maximum Gasteiger partial charge on any atom is 0.255 e. The Balaban J connectivity index is 1.78. The molecule has 2 aliphatic rings. The third-order valence-corrected chi connectivity index (χ3v) is 3.57. The van der Waals surface area contributed by atoms with Crippen molar-refractivity contribution in [3.63, 3.8) is 0 Å². The lowest BCUT2D eigenvalue weighted by atomic mass is 10.1. The Kier molecular flexibility index (Phi) is 2.48. The van der Waals surface area contributed by atoms with Crippen LogP contribution in [0.3, 0.4) is 0 Å². The van der Waals surface area contributed by atoms with Crippen molar-refractivity contribution in [2.75, 3.05) is 19.8 Å². The number of alkyl halides is 3. The summed E-state index contributed by atoms with van der Waals surface area (Å²) in [6, 6.07) is 0.0184. The summed E-state index contributed by atoms with van der Waals surface area (Å²) >= 11 is 5.92. The molecule has 2 fully saturated rings. The van der Waals surface area contributed by atoms with Crippen LogP contribution in [0.1, 0.15) is 13.3 Å². The summed E-state index contributed by atoms with van der Waals surface area (Å²) < 4.78 is 30.8. The molecule has 1 saturated heterocycles. The van der Waals surface area contributed by atoms with E-state index in [1.165, 1.54) is 0 Å². The van der Waals surface area contributed by atoms with Gasteiger partial charge in [-0.05, 0) is 0 Å². The quantitative estimate of drug-likeness (QED) is 0.738. The molecule has 3 unspecified atom stereocenters. The highest BCUT2D eigenvalue weighted by Gasteiger charge is 2.67. The van der Waals surface area contributed by atoms with E-state index in [1.807, 2.05) is 0 Å². The van der Waals surface area contributed by atoms with E-state index in [-0.39, 0.29) is 17.8 Å². The van der Waals surface area contributed by atoms with Gasteiger partial charge in [-0.1, -0.05) is 6.92 Å². The molecule has 1 aliphatic carbocycles. The van der Waals surface area contributed by atoms with Gasteiger partial charge >= 0.3 is 0 Å². The van der Waals surface area contributed by atoms with Crippen LogP contribution in [0.15, 0.2) is 0 Å². The fourth-order valence-corrected chi connectivity index (χ4v) is 1.96. The van der Waals surface area contributed by atoms with Crippen molar-refractivity contribution in [1.82, 2.24) is 5.32 Å². The van der Waals surface area contributed by atoms with Crippen LogP contribution < -0.4 is 5.32 Å². The minimum absolute atomic E-state index is 0.0184. The fourth-order valence-electron chi connectivity index (χ4n) is 1.71. The van der Waals surface area contributed by atoms with E-state index in [9.17, 15) is 8.78 Å². The average Bonchev–Trinajstić information content (AvgIpc) is 2.44. The lowest BCUT2D eigenvalue weighted by Gasteiger charge is -2.17. The van der Waals surface area contributed by atoms with Crippen molar-refractivity contribution in [3.8, 4) is 0 Å². The van der Waals surface area contributed by atoms with E-state index in [2.05, 4.69) is 5.32 Å². The molecular formula is C9H14ClF2NO. The molecule has 0 amide bonds. The first-order valence-corrected chi connectivity index (χ1v) is 5.21. The Labute approximate surface area is 86.9 Å². The highest BCUT2D eigenvalue weighted by molar-refractivity contribution is 6.21. The van der Waals surface area contributed by atoms with Gasteiger partial charge in [-0.25, -0.2) is 8.78 Å².